The van der Waals surface area contributed by atoms with E-state index >= 15 is 0 Å². The van der Waals surface area contributed by atoms with E-state index in [0.29, 0.717) is 10.7 Å². The van der Waals surface area contributed by atoms with E-state index in [1.807, 2.05) is 13.0 Å². The van der Waals surface area contributed by atoms with Crippen molar-refractivity contribution < 1.29 is 14.4 Å². The van der Waals surface area contributed by atoms with Crippen LogP contribution in [0.4, 0.5) is 10.5 Å². The SMILES string of the molecule is Cc1ccc(N2C(=O)NC(=O)[C@H](C=NCc3cccnc3)C2=O)cc1Cl. The zero-order chi connectivity index (χ0) is 18.7. The van der Waals surface area contributed by atoms with Gasteiger partial charge in [0, 0.05) is 23.6 Å². The van der Waals surface area contributed by atoms with Crippen LogP contribution in [0.25, 0.3) is 0 Å². The number of carbonyl (C=O) groups excluding carboxylic acids is 3. The second kappa shape index (κ2) is 7.45. The van der Waals surface area contributed by atoms with Gasteiger partial charge < -0.3 is 0 Å². The maximum Gasteiger partial charge on any atom is 0.335 e. The number of urea groups is 1. The zero-order valence-corrected chi connectivity index (χ0v) is 14.6. The number of pyridine rings is 1. The maximum atomic E-state index is 12.7. The predicted molar refractivity (Wildman–Crippen MR) is 97.1 cm³/mol. The van der Waals surface area contributed by atoms with Gasteiger partial charge in [-0.3, -0.25) is 24.9 Å². The number of rotatable bonds is 4. The lowest BCUT2D eigenvalue weighted by molar-refractivity contribution is -0.131. The molecule has 2 aromatic rings. The molecule has 26 heavy (non-hydrogen) atoms. The molecule has 7 nitrogen and oxygen atoms in total. The third kappa shape index (κ3) is 3.62. The Hall–Kier alpha value is -3.06. The van der Waals surface area contributed by atoms with Crippen LogP contribution in [0.1, 0.15) is 11.1 Å². The van der Waals surface area contributed by atoms with E-state index in [0.717, 1.165) is 16.0 Å². The summed E-state index contributed by atoms with van der Waals surface area (Å²) in [6.07, 6.45) is 4.53. The van der Waals surface area contributed by atoms with Crippen molar-refractivity contribution in [1.82, 2.24) is 10.3 Å². The average molecular weight is 371 g/mol. The van der Waals surface area contributed by atoms with Crippen LogP contribution in [-0.2, 0) is 16.1 Å². The second-order valence-electron chi connectivity index (χ2n) is 5.73. The van der Waals surface area contributed by atoms with Crippen molar-refractivity contribution in [3.8, 4) is 0 Å². The molecule has 0 bridgehead atoms. The number of carbonyl (C=O) groups is 3. The molecule has 1 aliphatic heterocycles. The topological polar surface area (TPSA) is 91.7 Å². The van der Waals surface area contributed by atoms with Gasteiger partial charge in [0.2, 0.25) is 5.91 Å². The number of benzene rings is 1. The van der Waals surface area contributed by atoms with Crippen molar-refractivity contribution in [2.75, 3.05) is 4.90 Å². The number of imide groups is 2. The van der Waals surface area contributed by atoms with Crippen LogP contribution in [0.5, 0.6) is 0 Å². The number of nitrogens with one attached hydrogen (secondary N) is 1. The lowest BCUT2D eigenvalue weighted by Crippen LogP contribution is -2.58. The number of halogens is 1. The van der Waals surface area contributed by atoms with E-state index in [1.165, 1.54) is 12.3 Å². The van der Waals surface area contributed by atoms with Crippen LogP contribution in [0, 0.1) is 12.8 Å². The third-order valence-electron chi connectivity index (χ3n) is 3.87. The lowest BCUT2D eigenvalue weighted by Gasteiger charge is -2.28. The summed E-state index contributed by atoms with van der Waals surface area (Å²) >= 11 is 6.08. The standard InChI is InChI=1S/C18H15ClN4O3/c1-11-4-5-13(7-15(11)19)23-17(25)14(16(24)22-18(23)26)10-21-9-12-3-2-6-20-8-12/h2-8,10,14H,9H2,1H3,(H,22,24,26)/t14-/m0/s1. The van der Waals surface area contributed by atoms with Gasteiger partial charge in [0.05, 0.1) is 12.2 Å². The first kappa shape index (κ1) is 17.8. The molecule has 2 heterocycles. The van der Waals surface area contributed by atoms with Gasteiger partial charge in [-0.1, -0.05) is 23.7 Å². The molecule has 0 aliphatic carbocycles. The van der Waals surface area contributed by atoms with Crippen molar-refractivity contribution in [2.24, 2.45) is 10.9 Å². The van der Waals surface area contributed by atoms with Gasteiger partial charge in [0.1, 0.15) is 0 Å². The van der Waals surface area contributed by atoms with E-state index < -0.39 is 23.8 Å². The number of amides is 4. The average Bonchev–Trinajstić information content (AvgIpc) is 2.61. The fourth-order valence-electron chi connectivity index (χ4n) is 2.44. The number of aliphatic imine (C=N–C) groups is 1. The molecular formula is C18H15ClN4O3. The highest BCUT2D eigenvalue weighted by atomic mass is 35.5. The number of hydrogen-bond donors (Lipinski definition) is 1. The molecule has 1 aromatic carbocycles. The van der Waals surface area contributed by atoms with Gasteiger partial charge in [0.15, 0.2) is 5.92 Å². The molecular weight excluding hydrogens is 356 g/mol. The zero-order valence-electron chi connectivity index (χ0n) is 13.8. The van der Waals surface area contributed by atoms with E-state index in [9.17, 15) is 14.4 Å². The Morgan fingerprint density at radius 1 is 1.31 bits per heavy atom. The summed E-state index contributed by atoms with van der Waals surface area (Å²) in [4.78, 5) is 45.9. The van der Waals surface area contributed by atoms with Crippen LogP contribution in [0.2, 0.25) is 5.02 Å². The van der Waals surface area contributed by atoms with E-state index in [1.54, 1.807) is 30.6 Å². The number of nitrogens with zero attached hydrogens (tertiary/aromatic N) is 3. The monoisotopic (exact) mass is 370 g/mol. The molecule has 8 heteroatoms. The molecule has 0 saturated carbocycles. The van der Waals surface area contributed by atoms with Crippen LogP contribution in [0.3, 0.4) is 0 Å². The molecule has 132 valence electrons. The fourth-order valence-corrected chi connectivity index (χ4v) is 2.62. The summed E-state index contributed by atoms with van der Waals surface area (Å²) in [5.41, 5.74) is 1.94. The van der Waals surface area contributed by atoms with Gasteiger partial charge in [-0.2, -0.15) is 0 Å². The van der Waals surface area contributed by atoms with Crippen LogP contribution in [-0.4, -0.2) is 29.0 Å². The Balaban J connectivity index is 1.82. The van der Waals surface area contributed by atoms with Crippen LogP contribution in [0.15, 0.2) is 47.7 Å². The maximum absolute atomic E-state index is 12.7. The molecule has 3 rings (SSSR count). The van der Waals surface area contributed by atoms with E-state index in [2.05, 4.69) is 15.3 Å². The van der Waals surface area contributed by atoms with Crippen LogP contribution < -0.4 is 10.2 Å². The number of aromatic nitrogens is 1. The minimum atomic E-state index is -1.19. The van der Waals surface area contributed by atoms with Crippen molar-refractivity contribution in [3.63, 3.8) is 0 Å². The largest absolute Gasteiger partial charge is 0.335 e. The Bertz CT molecular complexity index is 899. The van der Waals surface area contributed by atoms with Gasteiger partial charge in [-0.05, 0) is 36.2 Å². The molecule has 1 fully saturated rings. The van der Waals surface area contributed by atoms with Crippen molar-refractivity contribution >= 4 is 41.3 Å². The number of barbiturate groups is 1. The smallest absolute Gasteiger partial charge is 0.291 e. The summed E-state index contributed by atoms with van der Waals surface area (Å²) < 4.78 is 0. The molecule has 1 aliphatic rings. The van der Waals surface area contributed by atoms with E-state index in [-0.39, 0.29) is 6.54 Å². The molecule has 0 radical (unpaired) electrons. The predicted octanol–water partition coefficient (Wildman–Crippen LogP) is 2.51. The molecule has 0 unspecified atom stereocenters. The molecule has 1 saturated heterocycles. The van der Waals surface area contributed by atoms with Crippen LogP contribution >= 0.6 is 11.6 Å². The molecule has 4 amide bonds. The summed E-state index contributed by atoms with van der Waals surface area (Å²) in [7, 11) is 0. The van der Waals surface area contributed by atoms with Crippen molar-refractivity contribution in [2.45, 2.75) is 13.5 Å². The molecule has 1 atom stereocenters. The Labute approximate surface area is 154 Å². The first-order valence-electron chi connectivity index (χ1n) is 7.81. The Morgan fingerprint density at radius 2 is 2.12 bits per heavy atom. The highest BCUT2D eigenvalue weighted by Gasteiger charge is 2.40. The lowest BCUT2D eigenvalue weighted by atomic mass is 10.1. The minimum absolute atomic E-state index is 0.273. The molecule has 1 N–H and O–H groups in total. The third-order valence-corrected chi connectivity index (χ3v) is 4.27. The highest BCUT2D eigenvalue weighted by Crippen LogP contribution is 2.25. The summed E-state index contributed by atoms with van der Waals surface area (Å²) in [5, 5.41) is 2.59. The van der Waals surface area contributed by atoms with E-state index in [4.69, 9.17) is 11.6 Å². The minimum Gasteiger partial charge on any atom is -0.291 e. The summed E-state index contributed by atoms with van der Waals surface area (Å²) in [6.45, 7) is 2.08. The van der Waals surface area contributed by atoms with Gasteiger partial charge in [-0.15, -0.1) is 0 Å². The summed E-state index contributed by atoms with van der Waals surface area (Å²) in [5.74, 6) is -2.57. The highest BCUT2D eigenvalue weighted by molar-refractivity contribution is 6.34. The number of hydrogen-bond acceptors (Lipinski definition) is 5. The first-order chi connectivity index (χ1) is 12.5. The van der Waals surface area contributed by atoms with Crippen molar-refractivity contribution in [1.29, 1.82) is 0 Å². The first-order valence-corrected chi connectivity index (χ1v) is 8.19. The Morgan fingerprint density at radius 3 is 2.81 bits per heavy atom. The Kier molecular flexibility index (Phi) is 5.09. The quantitative estimate of drug-likeness (QED) is 0.661. The molecule has 0 spiro atoms. The second-order valence-corrected chi connectivity index (χ2v) is 6.14. The summed E-state index contributed by atoms with van der Waals surface area (Å²) in [6, 6.07) is 7.59. The van der Waals surface area contributed by atoms with Gasteiger partial charge in [-0.25, -0.2) is 9.69 Å². The van der Waals surface area contributed by atoms with Gasteiger partial charge >= 0.3 is 6.03 Å². The normalized spacial score (nSPS) is 17.7. The van der Waals surface area contributed by atoms with Gasteiger partial charge in [0.25, 0.3) is 5.91 Å². The fraction of sp³-hybridized carbons (Fsp3) is 0.167. The van der Waals surface area contributed by atoms with Crippen molar-refractivity contribution in [3.05, 3.63) is 58.9 Å². The molecule has 1 aromatic heterocycles. The number of anilines is 1. The number of aryl methyl sites for hydroxylation is 1.